The van der Waals surface area contributed by atoms with Crippen LogP contribution < -0.4 is 9.62 Å². The van der Waals surface area contributed by atoms with Crippen LogP contribution in [0.1, 0.15) is 42.3 Å². The number of rotatable bonds is 6. The van der Waals surface area contributed by atoms with Gasteiger partial charge in [0.25, 0.3) is 0 Å². The molecule has 0 bridgehead atoms. The van der Waals surface area contributed by atoms with Gasteiger partial charge in [-0.3, -0.25) is 0 Å². The van der Waals surface area contributed by atoms with E-state index in [-0.39, 0.29) is 17.0 Å². The average molecular weight is 471 g/mol. The Labute approximate surface area is 194 Å². The van der Waals surface area contributed by atoms with Crippen LogP contribution in [0.3, 0.4) is 0 Å². The van der Waals surface area contributed by atoms with Crippen LogP contribution in [-0.4, -0.2) is 37.1 Å². The molecule has 0 spiro atoms. The van der Waals surface area contributed by atoms with Gasteiger partial charge in [0.05, 0.1) is 12.0 Å². The summed E-state index contributed by atoms with van der Waals surface area (Å²) in [5.41, 5.74) is 3.34. The minimum Gasteiger partial charge on any atom is -0.370 e. The standard InChI is InChI=1S/C24H27ClN4O2S/c1-17-4-2-3-5-22(17)18-8-10-28(15-18)23-7-6-19(25)12-24(23)32(30,31)27-20-13-21(14-20)29-11-9-26-16-29/h2-7,9,11-12,16,18,20-21,27H,8,10,13-15H2,1H3. The summed E-state index contributed by atoms with van der Waals surface area (Å²) >= 11 is 6.23. The van der Waals surface area contributed by atoms with Crippen LogP contribution in [0, 0.1) is 6.92 Å². The molecule has 2 aliphatic rings. The quantitative estimate of drug-likeness (QED) is 0.575. The van der Waals surface area contributed by atoms with Crippen LogP contribution in [0.2, 0.25) is 5.02 Å². The number of hydrogen-bond donors (Lipinski definition) is 1. The Morgan fingerprint density at radius 1 is 1.16 bits per heavy atom. The van der Waals surface area contributed by atoms with E-state index >= 15 is 0 Å². The predicted octanol–water partition coefficient (Wildman–Crippen LogP) is 4.52. The van der Waals surface area contributed by atoms with E-state index in [0.29, 0.717) is 10.9 Å². The van der Waals surface area contributed by atoms with Gasteiger partial charge in [-0.05, 0) is 55.5 Å². The van der Waals surface area contributed by atoms with Crippen molar-refractivity contribution in [2.45, 2.75) is 49.1 Å². The number of benzene rings is 2. The van der Waals surface area contributed by atoms with Gasteiger partial charge in [-0.15, -0.1) is 0 Å². The molecular formula is C24H27ClN4O2S. The van der Waals surface area contributed by atoms with Gasteiger partial charge in [0, 0.05) is 48.5 Å². The summed E-state index contributed by atoms with van der Waals surface area (Å²) in [6, 6.07) is 13.8. The zero-order valence-corrected chi connectivity index (χ0v) is 19.6. The van der Waals surface area contributed by atoms with Gasteiger partial charge in [0.1, 0.15) is 4.90 Å². The van der Waals surface area contributed by atoms with Crippen LogP contribution >= 0.6 is 11.6 Å². The maximum absolute atomic E-state index is 13.3. The summed E-state index contributed by atoms with van der Waals surface area (Å²) in [7, 11) is -3.69. The smallest absolute Gasteiger partial charge is 0.242 e. The van der Waals surface area contributed by atoms with Crippen molar-refractivity contribution in [3.8, 4) is 0 Å². The zero-order chi connectivity index (χ0) is 22.3. The molecule has 1 unspecified atom stereocenters. The third kappa shape index (κ3) is 4.17. The average Bonchev–Trinajstić information content (AvgIpc) is 3.43. The van der Waals surface area contributed by atoms with Gasteiger partial charge in [0.15, 0.2) is 0 Å². The number of nitrogens with one attached hydrogen (secondary N) is 1. The Hall–Kier alpha value is -2.35. The highest BCUT2D eigenvalue weighted by atomic mass is 35.5. The normalized spacial score (nSPS) is 23.3. The van der Waals surface area contributed by atoms with Gasteiger partial charge in [-0.25, -0.2) is 18.1 Å². The van der Waals surface area contributed by atoms with Gasteiger partial charge in [0.2, 0.25) is 10.0 Å². The summed E-state index contributed by atoms with van der Waals surface area (Å²) in [5, 5.41) is 0.425. The lowest BCUT2D eigenvalue weighted by atomic mass is 9.87. The molecule has 1 aliphatic heterocycles. The molecule has 1 saturated heterocycles. The number of imidazole rings is 1. The predicted molar refractivity (Wildman–Crippen MR) is 127 cm³/mol. The van der Waals surface area contributed by atoms with Crippen LogP contribution in [0.5, 0.6) is 0 Å². The monoisotopic (exact) mass is 470 g/mol. The lowest BCUT2D eigenvalue weighted by molar-refractivity contribution is 0.250. The molecule has 6 nitrogen and oxygen atoms in total. The van der Waals surface area contributed by atoms with Gasteiger partial charge >= 0.3 is 0 Å². The Kier molecular flexibility index (Phi) is 5.73. The van der Waals surface area contributed by atoms with E-state index < -0.39 is 10.0 Å². The molecule has 8 heteroatoms. The first-order valence-electron chi connectivity index (χ1n) is 11.0. The molecule has 168 valence electrons. The van der Waals surface area contributed by atoms with Crippen molar-refractivity contribution < 1.29 is 8.42 Å². The number of hydrogen-bond acceptors (Lipinski definition) is 4. The Balaban J connectivity index is 1.34. The largest absolute Gasteiger partial charge is 0.370 e. The van der Waals surface area contributed by atoms with Crippen molar-refractivity contribution >= 4 is 27.3 Å². The minimum absolute atomic E-state index is 0.0856. The fraction of sp³-hybridized carbons (Fsp3) is 0.375. The highest BCUT2D eigenvalue weighted by Gasteiger charge is 2.35. The highest BCUT2D eigenvalue weighted by Crippen LogP contribution is 2.38. The summed E-state index contributed by atoms with van der Waals surface area (Å²) < 4.78 is 31.6. The van der Waals surface area contributed by atoms with E-state index in [0.717, 1.165) is 38.0 Å². The minimum atomic E-state index is -3.69. The second-order valence-corrected chi connectivity index (χ2v) is 11.0. The molecule has 0 radical (unpaired) electrons. The van der Waals surface area contributed by atoms with Crippen LogP contribution in [0.4, 0.5) is 5.69 Å². The molecule has 2 aromatic carbocycles. The van der Waals surface area contributed by atoms with Crippen molar-refractivity contribution in [1.29, 1.82) is 0 Å². The highest BCUT2D eigenvalue weighted by molar-refractivity contribution is 7.89. The van der Waals surface area contributed by atoms with E-state index in [4.69, 9.17) is 11.6 Å². The van der Waals surface area contributed by atoms with Gasteiger partial charge in [-0.2, -0.15) is 0 Å². The molecule has 32 heavy (non-hydrogen) atoms. The number of nitrogens with zero attached hydrogens (tertiary/aromatic N) is 3. The molecule has 3 aromatic rings. The van der Waals surface area contributed by atoms with Crippen molar-refractivity contribution in [2.24, 2.45) is 0 Å². The van der Waals surface area contributed by atoms with E-state index in [2.05, 4.69) is 45.8 Å². The van der Waals surface area contributed by atoms with Crippen molar-refractivity contribution in [2.75, 3.05) is 18.0 Å². The first-order valence-corrected chi connectivity index (χ1v) is 12.9. The van der Waals surface area contributed by atoms with Crippen LogP contribution in [0.15, 0.2) is 66.1 Å². The molecule has 2 heterocycles. The first-order chi connectivity index (χ1) is 15.4. The second kappa shape index (κ2) is 8.54. The SMILES string of the molecule is Cc1ccccc1C1CCN(c2ccc(Cl)cc2S(=O)(=O)NC2CC(n3ccnc3)C2)C1. The number of sulfonamides is 1. The van der Waals surface area contributed by atoms with E-state index in [1.54, 1.807) is 24.7 Å². The van der Waals surface area contributed by atoms with Crippen molar-refractivity contribution in [1.82, 2.24) is 14.3 Å². The lowest BCUT2D eigenvalue weighted by Crippen LogP contribution is -2.45. The molecule has 1 aliphatic carbocycles. The van der Waals surface area contributed by atoms with E-state index in [9.17, 15) is 8.42 Å². The molecule has 1 saturated carbocycles. The molecule has 2 fully saturated rings. The number of aromatic nitrogens is 2. The molecule has 5 rings (SSSR count). The lowest BCUT2D eigenvalue weighted by Gasteiger charge is -2.36. The number of halogens is 1. The molecule has 0 amide bonds. The molecule has 1 aromatic heterocycles. The Morgan fingerprint density at radius 2 is 1.97 bits per heavy atom. The summed E-state index contributed by atoms with van der Waals surface area (Å²) in [5.74, 6) is 0.387. The fourth-order valence-corrected chi connectivity index (χ4v) is 6.69. The fourth-order valence-electron chi connectivity index (χ4n) is 4.94. The van der Waals surface area contributed by atoms with Crippen LogP contribution in [0.25, 0.3) is 0 Å². The zero-order valence-electron chi connectivity index (χ0n) is 18.0. The second-order valence-electron chi connectivity index (χ2n) is 8.85. The van der Waals surface area contributed by atoms with Crippen LogP contribution in [-0.2, 0) is 10.0 Å². The third-order valence-electron chi connectivity index (χ3n) is 6.75. The molecule has 1 atom stereocenters. The van der Waals surface area contributed by atoms with E-state index in [1.165, 1.54) is 11.1 Å². The Bertz CT molecular complexity index is 1210. The van der Waals surface area contributed by atoms with Gasteiger partial charge in [-0.1, -0.05) is 35.9 Å². The summed E-state index contributed by atoms with van der Waals surface area (Å²) in [4.78, 5) is 6.52. The van der Waals surface area contributed by atoms with Crippen molar-refractivity contribution in [3.63, 3.8) is 0 Å². The number of anilines is 1. The maximum atomic E-state index is 13.3. The molecule has 1 N–H and O–H groups in total. The Morgan fingerprint density at radius 3 is 2.72 bits per heavy atom. The topological polar surface area (TPSA) is 67.2 Å². The number of aryl methyl sites for hydroxylation is 1. The van der Waals surface area contributed by atoms with Crippen molar-refractivity contribution in [3.05, 3.63) is 77.3 Å². The first kappa shape index (κ1) is 21.5. The summed E-state index contributed by atoms with van der Waals surface area (Å²) in [6.45, 7) is 3.74. The molecular weight excluding hydrogens is 444 g/mol. The van der Waals surface area contributed by atoms with E-state index in [1.807, 2.05) is 16.8 Å². The maximum Gasteiger partial charge on any atom is 0.242 e. The van der Waals surface area contributed by atoms with Gasteiger partial charge < -0.3 is 9.47 Å². The summed E-state index contributed by atoms with van der Waals surface area (Å²) in [6.07, 6.45) is 7.95. The third-order valence-corrected chi connectivity index (χ3v) is 8.53.